The normalized spacial score (nSPS) is 17.5. The topological polar surface area (TPSA) is 53.4 Å². The SMILES string of the molecule is O=Cc1nn(C2CCCCO2)c2cc(OCc3ccccc3)ccc12. The molecule has 1 aromatic heterocycles. The third kappa shape index (κ3) is 3.28. The average molecular weight is 336 g/mol. The van der Waals surface area contributed by atoms with Gasteiger partial charge in [0, 0.05) is 18.1 Å². The molecule has 4 rings (SSSR count). The molecule has 5 heteroatoms. The van der Waals surface area contributed by atoms with Crippen LogP contribution in [0.3, 0.4) is 0 Å². The highest BCUT2D eigenvalue weighted by Gasteiger charge is 2.21. The number of hydrogen-bond donors (Lipinski definition) is 0. The minimum atomic E-state index is -0.116. The molecule has 0 bridgehead atoms. The van der Waals surface area contributed by atoms with Gasteiger partial charge in [0.25, 0.3) is 0 Å². The molecule has 0 spiro atoms. The quantitative estimate of drug-likeness (QED) is 0.658. The number of aldehydes is 1. The van der Waals surface area contributed by atoms with E-state index in [9.17, 15) is 4.79 Å². The van der Waals surface area contributed by atoms with Gasteiger partial charge in [-0.05, 0) is 37.0 Å². The fourth-order valence-electron chi connectivity index (χ4n) is 3.20. The third-order valence-corrected chi connectivity index (χ3v) is 4.50. The lowest BCUT2D eigenvalue weighted by Gasteiger charge is -2.23. The number of carbonyl (C=O) groups excluding carboxylic acids is 1. The fraction of sp³-hybridized carbons (Fsp3) is 0.300. The van der Waals surface area contributed by atoms with Crippen LogP contribution in [0.15, 0.2) is 48.5 Å². The summed E-state index contributed by atoms with van der Waals surface area (Å²) in [4.78, 5) is 11.4. The number of ether oxygens (including phenoxy) is 2. The minimum Gasteiger partial charge on any atom is -0.489 e. The fourth-order valence-corrected chi connectivity index (χ4v) is 3.20. The van der Waals surface area contributed by atoms with Crippen LogP contribution in [0.2, 0.25) is 0 Å². The van der Waals surface area contributed by atoms with Crippen molar-refractivity contribution in [3.63, 3.8) is 0 Å². The second kappa shape index (κ2) is 7.07. The molecular formula is C20H20N2O3. The molecule has 1 aliphatic heterocycles. The van der Waals surface area contributed by atoms with Crippen LogP contribution in [0.1, 0.15) is 41.5 Å². The average Bonchev–Trinajstić information content (AvgIpc) is 3.06. The van der Waals surface area contributed by atoms with Crippen LogP contribution in [0, 0.1) is 0 Å². The van der Waals surface area contributed by atoms with Crippen molar-refractivity contribution in [1.82, 2.24) is 9.78 Å². The number of aromatic nitrogens is 2. The summed E-state index contributed by atoms with van der Waals surface area (Å²) in [6, 6.07) is 15.8. The number of nitrogens with zero attached hydrogens (tertiary/aromatic N) is 2. The van der Waals surface area contributed by atoms with E-state index >= 15 is 0 Å². The smallest absolute Gasteiger partial charge is 0.170 e. The van der Waals surface area contributed by atoms with Crippen molar-refractivity contribution in [3.8, 4) is 5.75 Å². The predicted octanol–water partition coefficient (Wildman–Crippen LogP) is 4.13. The second-order valence-corrected chi connectivity index (χ2v) is 6.22. The summed E-state index contributed by atoms with van der Waals surface area (Å²) in [6.45, 7) is 1.23. The first-order valence-corrected chi connectivity index (χ1v) is 8.61. The zero-order chi connectivity index (χ0) is 17.1. The van der Waals surface area contributed by atoms with Gasteiger partial charge in [-0.3, -0.25) is 4.79 Å². The predicted molar refractivity (Wildman–Crippen MR) is 94.7 cm³/mol. The van der Waals surface area contributed by atoms with Gasteiger partial charge in [0.05, 0.1) is 5.52 Å². The van der Waals surface area contributed by atoms with Gasteiger partial charge >= 0.3 is 0 Å². The molecule has 128 valence electrons. The molecule has 1 aliphatic rings. The Balaban J connectivity index is 1.64. The molecule has 2 aromatic carbocycles. The van der Waals surface area contributed by atoms with Gasteiger partial charge in [-0.15, -0.1) is 0 Å². The van der Waals surface area contributed by atoms with Gasteiger partial charge in [-0.25, -0.2) is 4.68 Å². The molecule has 0 N–H and O–H groups in total. The lowest BCUT2D eigenvalue weighted by Crippen LogP contribution is -2.19. The Morgan fingerprint density at radius 2 is 2.08 bits per heavy atom. The van der Waals surface area contributed by atoms with E-state index < -0.39 is 0 Å². The summed E-state index contributed by atoms with van der Waals surface area (Å²) in [6.07, 6.45) is 3.76. The van der Waals surface area contributed by atoms with E-state index in [1.54, 1.807) is 0 Å². The standard InChI is InChI=1S/C20H20N2O3/c23-13-18-17-10-9-16(25-14-15-6-2-1-3-7-15)12-19(17)22(21-18)20-8-4-5-11-24-20/h1-3,6-7,9-10,12-13,20H,4-5,8,11,14H2. The molecule has 0 amide bonds. The molecular weight excluding hydrogens is 316 g/mol. The monoisotopic (exact) mass is 336 g/mol. The van der Waals surface area contributed by atoms with Crippen molar-refractivity contribution in [2.75, 3.05) is 6.61 Å². The van der Waals surface area contributed by atoms with Crippen LogP contribution in [0.25, 0.3) is 10.9 Å². The third-order valence-electron chi connectivity index (χ3n) is 4.50. The van der Waals surface area contributed by atoms with Gasteiger partial charge in [-0.2, -0.15) is 5.10 Å². The Hall–Kier alpha value is -2.66. The zero-order valence-electron chi connectivity index (χ0n) is 13.9. The second-order valence-electron chi connectivity index (χ2n) is 6.22. The Labute approximate surface area is 146 Å². The highest BCUT2D eigenvalue weighted by molar-refractivity contribution is 5.95. The van der Waals surface area contributed by atoms with Crippen molar-refractivity contribution in [3.05, 3.63) is 59.8 Å². The number of benzene rings is 2. The highest BCUT2D eigenvalue weighted by atomic mass is 16.5. The maximum atomic E-state index is 11.4. The van der Waals surface area contributed by atoms with Crippen molar-refractivity contribution in [1.29, 1.82) is 0 Å². The zero-order valence-corrected chi connectivity index (χ0v) is 13.9. The molecule has 1 unspecified atom stereocenters. The molecule has 0 saturated carbocycles. The van der Waals surface area contributed by atoms with E-state index in [0.717, 1.165) is 54.4 Å². The van der Waals surface area contributed by atoms with Crippen LogP contribution in [-0.4, -0.2) is 22.7 Å². The maximum Gasteiger partial charge on any atom is 0.170 e. The molecule has 1 atom stereocenters. The largest absolute Gasteiger partial charge is 0.489 e. The molecule has 2 heterocycles. The molecule has 1 saturated heterocycles. The summed E-state index contributed by atoms with van der Waals surface area (Å²) < 4.78 is 13.6. The number of carbonyl (C=O) groups is 1. The Bertz CT molecular complexity index is 867. The van der Waals surface area contributed by atoms with Gasteiger partial charge in [0.2, 0.25) is 0 Å². The molecule has 5 nitrogen and oxygen atoms in total. The number of hydrogen-bond acceptors (Lipinski definition) is 4. The van der Waals surface area contributed by atoms with Crippen molar-refractivity contribution >= 4 is 17.2 Å². The van der Waals surface area contributed by atoms with E-state index in [1.165, 1.54) is 0 Å². The molecule has 0 aliphatic carbocycles. The van der Waals surface area contributed by atoms with Gasteiger partial charge in [-0.1, -0.05) is 30.3 Å². The summed E-state index contributed by atoms with van der Waals surface area (Å²) in [7, 11) is 0. The van der Waals surface area contributed by atoms with Crippen molar-refractivity contribution in [2.45, 2.75) is 32.1 Å². The Kier molecular flexibility index (Phi) is 4.48. The van der Waals surface area contributed by atoms with E-state index in [1.807, 2.05) is 53.2 Å². The van der Waals surface area contributed by atoms with Crippen molar-refractivity contribution in [2.24, 2.45) is 0 Å². The lowest BCUT2D eigenvalue weighted by molar-refractivity contribution is -0.0367. The maximum absolute atomic E-state index is 11.4. The summed E-state index contributed by atoms with van der Waals surface area (Å²) in [5.41, 5.74) is 2.43. The lowest BCUT2D eigenvalue weighted by atomic mass is 10.1. The molecule has 3 aromatic rings. The van der Waals surface area contributed by atoms with Crippen LogP contribution in [0.5, 0.6) is 5.75 Å². The summed E-state index contributed by atoms with van der Waals surface area (Å²) in [5.74, 6) is 0.755. The van der Waals surface area contributed by atoms with E-state index in [0.29, 0.717) is 12.3 Å². The first kappa shape index (κ1) is 15.8. The number of rotatable bonds is 5. The van der Waals surface area contributed by atoms with Crippen LogP contribution >= 0.6 is 0 Å². The van der Waals surface area contributed by atoms with Gasteiger partial charge in [0.1, 0.15) is 18.1 Å². The molecule has 0 radical (unpaired) electrons. The Morgan fingerprint density at radius 3 is 2.84 bits per heavy atom. The molecule has 1 fully saturated rings. The van der Waals surface area contributed by atoms with Crippen LogP contribution in [0.4, 0.5) is 0 Å². The number of fused-ring (bicyclic) bond motifs is 1. The van der Waals surface area contributed by atoms with Crippen LogP contribution < -0.4 is 4.74 Å². The van der Waals surface area contributed by atoms with E-state index in [2.05, 4.69) is 5.10 Å². The first-order chi connectivity index (χ1) is 12.3. The van der Waals surface area contributed by atoms with Gasteiger partial charge in [0.15, 0.2) is 12.5 Å². The summed E-state index contributed by atoms with van der Waals surface area (Å²) in [5, 5.41) is 5.29. The van der Waals surface area contributed by atoms with Gasteiger partial charge < -0.3 is 9.47 Å². The first-order valence-electron chi connectivity index (χ1n) is 8.61. The molecule has 25 heavy (non-hydrogen) atoms. The van der Waals surface area contributed by atoms with E-state index in [4.69, 9.17) is 9.47 Å². The minimum absolute atomic E-state index is 0.116. The van der Waals surface area contributed by atoms with Crippen molar-refractivity contribution < 1.29 is 14.3 Å². The van der Waals surface area contributed by atoms with Crippen LogP contribution in [-0.2, 0) is 11.3 Å². The van der Waals surface area contributed by atoms with E-state index in [-0.39, 0.29) is 6.23 Å². The Morgan fingerprint density at radius 1 is 1.20 bits per heavy atom. The summed E-state index contributed by atoms with van der Waals surface area (Å²) >= 11 is 0. The highest BCUT2D eigenvalue weighted by Crippen LogP contribution is 2.30.